The maximum Gasteiger partial charge on any atom is 0.0577 e. The van der Waals surface area contributed by atoms with Crippen molar-refractivity contribution in [2.45, 2.75) is 78.2 Å². The van der Waals surface area contributed by atoms with E-state index in [1.54, 1.807) is 11.1 Å². The van der Waals surface area contributed by atoms with E-state index in [0.29, 0.717) is 10.8 Å². The standard InChI is InChI=1S/C21H32O/c1-4-14-6-8-18-17-7-5-15-13-16(22)9-11-21(15,3)19(17)10-12-20(14,18)2/h4-5,16-19,22H,6-13H2,1-3H3/b14-4-/t16?,17?,18?,19?,20?,21-/m0/s1. The normalized spacial score (nSPS) is 52.7. The molecule has 0 radical (unpaired) electrons. The molecule has 4 rings (SSSR count). The Balaban J connectivity index is 1.69. The quantitative estimate of drug-likeness (QED) is 0.605. The second kappa shape index (κ2) is 4.97. The highest BCUT2D eigenvalue weighted by atomic mass is 16.3. The Morgan fingerprint density at radius 3 is 2.59 bits per heavy atom. The highest BCUT2D eigenvalue weighted by Gasteiger charge is 2.56. The molecule has 0 bridgehead atoms. The number of hydrogen-bond donors (Lipinski definition) is 1. The first kappa shape index (κ1) is 15.0. The Hall–Kier alpha value is -0.560. The van der Waals surface area contributed by atoms with Crippen molar-refractivity contribution < 1.29 is 5.11 Å². The first-order chi connectivity index (χ1) is 10.5. The van der Waals surface area contributed by atoms with Crippen LogP contribution in [0.25, 0.3) is 0 Å². The molecular weight excluding hydrogens is 268 g/mol. The van der Waals surface area contributed by atoms with Gasteiger partial charge in [-0.3, -0.25) is 0 Å². The van der Waals surface area contributed by atoms with Gasteiger partial charge in [-0.15, -0.1) is 0 Å². The van der Waals surface area contributed by atoms with Crippen LogP contribution in [0.3, 0.4) is 0 Å². The highest BCUT2D eigenvalue weighted by molar-refractivity contribution is 5.29. The van der Waals surface area contributed by atoms with Crippen LogP contribution in [-0.4, -0.2) is 11.2 Å². The minimum atomic E-state index is -0.0779. The van der Waals surface area contributed by atoms with Crippen molar-refractivity contribution in [1.29, 1.82) is 0 Å². The Bertz CT molecular complexity index is 530. The fraction of sp³-hybridized carbons (Fsp3) is 0.810. The van der Waals surface area contributed by atoms with E-state index >= 15 is 0 Å². The maximum absolute atomic E-state index is 10.1. The predicted molar refractivity (Wildman–Crippen MR) is 91.5 cm³/mol. The molecule has 5 unspecified atom stereocenters. The lowest BCUT2D eigenvalue weighted by atomic mass is 9.48. The van der Waals surface area contributed by atoms with Crippen LogP contribution in [0.1, 0.15) is 72.1 Å². The van der Waals surface area contributed by atoms with E-state index in [1.165, 1.54) is 38.5 Å². The van der Waals surface area contributed by atoms with E-state index in [2.05, 4.69) is 32.9 Å². The molecule has 1 N–H and O–H groups in total. The van der Waals surface area contributed by atoms with Crippen molar-refractivity contribution in [3.63, 3.8) is 0 Å². The second-order valence-electron chi connectivity index (χ2n) is 8.96. The molecule has 0 saturated heterocycles. The third-order valence-electron chi connectivity index (χ3n) is 8.27. The van der Waals surface area contributed by atoms with E-state index in [9.17, 15) is 5.11 Å². The SMILES string of the molecule is C/C=C1/CCC2C3CC=C4CC(O)CC[C@]4(C)C3CCC12C. The molecule has 4 aliphatic rings. The molecule has 0 aliphatic heterocycles. The summed E-state index contributed by atoms with van der Waals surface area (Å²) in [6.45, 7) is 7.33. The lowest BCUT2D eigenvalue weighted by Gasteiger charge is -2.57. The highest BCUT2D eigenvalue weighted by Crippen LogP contribution is 2.66. The molecule has 122 valence electrons. The van der Waals surface area contributed by atoms with Gasteiger partial charge in [0.2, 0.25) is 0 Å². The third-order valence-corrected chi connectivity index (χ3v) is 8.27. The van der Waals surface area contributed by atoms with Crippen molar-refractivity contribution >= 4 is 0 Å². The van der Waals surface area contributed by atoms with Crippen molar-refractivity contribution in [1.82, 2.24) is 0 Å². The number of rotatable bonds is 0. The van der Waals surface area contributed by atoms with Gasteiger partial charge < -0.3 is 5.11 Å². The third kappa shape index (κ3) is 1.87. The lowest BCUT2D eigenvalue weighted by Crippen LogP contribution is -2.49. The van der Waals surface area contributed by atoms with Gasteiger partial charge in [-0.1, -0.05) is 37.1 Å². The zero-order chi connectivity index (χ0) is 15.5. The van der Waals surface area contributed by atoms with Gasteiger partial charge in [0, 0.05) is 0 Å². The molecule has 1 heteroatoms. The van der Waals surface area contributed by atoms with Crippen LogP contribution in [0.2, 0.25) is 0 Å². The van der Waals surface area contributed by atoms with Gasteiger partial charge in [0.25, 0.3) is 0 Å². The molecule has 22 heavy (non-hydrogen) atoms. The number of aliphatic hydroxyl groups excluding tert-OH is 1. The minimum Gasteiger partial charge on any atom is -0.393 e. The van der Waals surface area contributed by atoms with Crippen LogP contribution in [0, 0.1) is 28.6 Å². The average molecular weight is 300 g/mol. The first-order valence-electron chi connectivity index (χ1n) is 9.52. The Morgan fingerprint density at radius 2 is 1.82 bits per heavy atom. The molecule has 0 spiro atoms. The fourth-order valence-corrected chi connectivity index (χ4v) is 6.96. The van der Waals surface area contributed by atoms with Crippen LogP contribution in [0.4, 0.5) is 0 Å². The molecule has 3 fully saturated rings. The van der Waals surface area contributed by atoms with E-state index in [0.717, 1.165) is 30.6 Å². The van der Waals surface area contributed by atoms with Crippen LogP contribution in [0.15, 0.2) is 23.3 Å². The first-order valence-corrected chi connectivity index (χ1v) is 9.52. The Kier molecular flexibility index (Phi) is 3.39. The summed E-state index contributed by atoms with van der Waals surface area (Å²) in [6, 6.07) is 0. The van der Waals surface area contributed by atoms with Crippen molar-refractivity contribution in [3.8, 4) is 0 Å². The van der Waals surface area contributed by atoms with Crippen LogP contribution >= 0.6 is 0 Å². The number of hydrogen-bond acceptors (Lipinski definition) is 1. The smallest absolute Gasteiger partial charge is 0.0577 e. The number of fused-ring (bicyclic) bond motifs is 5. The maximum atomic E-state index is 10.1. The predicted octanol–water partition coefficient (Wildman–Crippen LogP) is 5.26. The molecule has 0 aromatic carbocycles. The van der Waals surface area contributed by atoms with Gasteiger partial charge >= 0.3 is 0 Å². The van der Waals surface area contributed by atoms with Gasteiger partial charge in [0.1, 0.15) is 0 Å². The molecule has 1 nitrogen and oxygen atoms in total. The summed E-state index contributed by atoms with van der Waals surface area (Å²) in [5.74, 6) is 2.66. The summed E-state index contributed by atoms with van der Waals surface area (Å²) >= 11 is 0. The van der Waals surface area contributed by atoms with Gasteiger partial charge in [-0.2, -0.15) is 0 Å². The molecule has 3 saturated carbocycles. The molecule has 0 aromatic rings. The summed E-state index contributed by atoms with van der Waals surface area (Å²) in [7, 11) is 0. The van der Waals surface area contributed by atoms with Gasteiger partial charge in [-0.05, 0) is 86.9 Å². The fourth-order valence-electron chi connectivity index (χ4n) is 6.96. The Labute approximate surface area is 135 Å². The molecule has 0 aromatic heterocycles. The number of allylic oxidation sites excluding steroid dienone is 3. The van der Waals surface area contributed by atoms with E-state index in [1.807, 2.05) is 0 Å². The largest absolute Gasteiger partial charge is 0.393 e. The van der Waals surface area contributed by atoms with E-state index in [4.69, 9.17) is 0 Å². The Morgan fingerprint density at radius 1 is 1.09 bits per heavy atom. The van der Waals surface area contributed by atoms with E-state index in [-0.39, 0.29) is 6.10 Å². The second-order valence-corrected chi connectivity index (χ2v) is 8.96. The van der Waals surface area contributed by atoms with Gasteiger partial charge in [-0.25, -0.2) is 0 Å². The zero-order valence-corrected chi connectivity index (χ0v) is 14.6. The summed E-state index contributed by atoms with van der Waals surface area (Å²) in [6.07, 6.45) is 14.9. The summed E-state index contributed by atoms with van der Waals surface area (Å²) in [4.78, 5) is 0. The lowest BCUT2D eigenvalue weighted by molar-refractivity contribution is -0.0268. The summed E-state index contributed by atoms with van der Waals surface area (Å²) < 4.78 is 0. The molecule has 0 heterocycles. The van der Waals surface area contributed by atoms with Crippen molar-refractivity contribution in [2.24, 2.45) is 28.6 Å². The van der Waals surface area contributed by atoms with Crippen molar-refractivity contribution in [3.05, 3.63) is 23.3 Å². The summed E-state index contributed by atoms with van der Waals surface area (Å²) in [5, 5.41) is 10.1. The van der Waals surface area contributed by atoms with Crippen LogP contribution in [-0.2, 0) is 0 Å². The number of aliphatic hydroxyl groups is 1. The zero-order valence-electron chi connectivity index (χ0n) is 14.6. The molecule has 0 amide bonds. The van der Waals surface area contributed by atoms with Gasteiger partial charge in [0.15, 0.2) is 0 Å². The average Bonchev–Trinajstić information content (AvgIpc) is 2.84. The topological polar surface area (TPSA) is 20.2 Å². The summed E-state index contributed by atoms with van der Waals surface area (Å²) in [5.41, 5.74) is 4.23. The molecule has 6 atom stereocenters. The van der Waals surface area contributed by atoms with Gasteiger partial charge in [0.05, 0.1) is 6.10 Å². The van der Waals surface area contributed by atoms with E-state index < -0.39 is 0 Å². The van der Waals surface area contributed by atoms with Crippen LogP contribution in [0.5, 0.6) is 0 Å². The van der Waals surface area contributed by atoms with Crippen molar-refractivity contribution in [2.75, 3.05) is 0 Å². The van der Waals surface area contributed by atoms with Crippen LogP contribution < -0.4 is 0 Å². The molecular formula is C21H32O. The monoisotopic (exact) mass is 300 g/mol. The molecule has 4 aliphatic carbocycles. The minimum absolute atomic E-state index is 0.0779.